The molecule has 1 aliphatic carbocycles. The fourth-order valence-electron chi connectivity index (χ4n) is 4.12. The molecule has 0 atom stereocenters. The van der Waals surface area contributed by atoms with Crippen LogP contribution in [0.1, 0.15) is 67.5 Å². The molecule has 5 heteroatoms. The third-order valence-electron chi connectivity index (χ3n) is 5.70. The first-order valence-corrected chi connectivity index (χ1v) is 10.7. The van der Waals surface area contributed by atoms with Gasteiger partial charge in [0.25, 0.3) is 5.91 Å². The van der Waals surface area contributed by atoms with E-state index in [1.807, 2.05) is 22.4 Å². The van der Waals surface area contributed by atoms with Gasteiger partial charge in [0.15, 0.2) is 0 Å². The Kier molecular flexibility index (Phi) is 6.91. The molecule has 2 heterocycles. The molecular formula is C20H30N2O2S. The van der Waals surface area contributed by atoms with Crippen molar-refractivity contribution in [1.82, 2.24) is 10.2 Å². The van der Waals surface area contributed by atoms with Crippen LogP contribution >= 0.6 is 11.3 Å². The van der Waals surface area contributed by atoms with Gasteiger partial charge in [0, 0.05) is 25.6 Å². The monoisotopic (exact) mass is 362 g/mol. The molecule has 2 fully saturated rings. The van der Waals surface area contributed by atoms with E-state index < -0.39 is 0 Å². The van der Waals surface area contributed by atoms with Gasteiger partial charge in [-0.1, -0.05) is 38.2 Å². The van der Waals surface area contributed by atoms with Crippen LogP contribution in [-0.2, 0) is 4.79 Å². The van der Waals surface area contributed by atoms with E-state index in [0.717, 1.165) is 36.6 Å². The maximum atomic E-state index is 12.3. The van der Waals surface area contributed by atoms with Crippen molar-refractivity contribution in [2.24, 2.45) is 11.8 Å². The molecular weight excluding hydrogens is 332 g/mol. The second kappa shape index (κ2) is 9.37. The predicted octanol–water partition coefficient (Wildman–Crippen LogP) is 4.08. The SMILES string of the molecule is O=C(NCCCC1CCCCC1)C1CCN(C(=O)c2cccs2)CC1. The van der Waals surface area contributed by atoms with E-state index in [4.69, 9.17) is 0 Å². The molecule has 1 aliphatic heterocycles. The molecule has 0 unspecified atom stereocenters. The van der Waals surface area contributed by atoms with Crippen LogP contribution in [0.4, 0.5) is 0 Å². The summed E-state index contributed by atoms with van der Waals surface area (Å²) >= 11 is 1.49. The van der Waals surface area contributed by atoms with Gasteiger partial charge in [-0.3, -0.25) is 9.59 Å². The zero-order chi connectivity index (χ0) is 17.5. The highest BCUT2D eigenvalue weighted by Gasteiger charge is 2.27. The summed E-state index contributed by atoms with van der Waals surface area (Å²) in [5.41, 5.74) is 0. The summed E-state index contributed by atoms with van der Waals surface area (Å²) in [6.07, 6.45) is 10.9. The highest BCUT2D eigenvalue weighted by Crippen LogP contribution is 2.27. The lowest BCUT2D eigenvalue weighted by molar-refractivity contribution is -0.126. The standard InChI is InChI=1S/C20H30N2O2S/c23-19(21-12-4-8-16-6-2-1-3-7-16)17-10-13-22(14-11-17)20(24)18-9-5-15-25-18/h5,9,15-17H,1-4,6-8,10-14H2,(H,21,23). The molecule has 2 aliphatic rings. The Labute approximate surface area is 155 Å². The molecule has 2 amide bonds. The Morgan fingerprint density at radius 2 is 1.88 bits per heavy atom. The van der Waals surface area contributed by atoms with Crippen LogP contribution < -0.4 is 5.32 Å². The first kappa shape index (κ1) is 18.4. The van der Waals surface area contributed by atoms with Gasteiger partial charge in [0.1, 0.15) is 0 Å². The van der Waals surface area contributed by atoms with Crippen molar-refractivity contribution in [3.63, 3.8) is 0 Å². The summed E-state index contributed by atoms with van der Waals surface area (Å²) in [6.45, 7) is 2.19. The third kappa shape index (κ3) is 5.30. The van der Waals surface area contributed by atoms with Crippen LogP contribution in [-0.4, -0.2) is 36.3 Å². The van der Waals surface area contributed by atoms with Crippen molar-refractivity contribution in [2.45, 2.75) is 57.8 Å². The number of carbonyl (C=O) groups excluding carboxylic acids is 2. The number of carbonyl (C=O) groups is 2. The van der Waals surface area contributed by atoms with Gasteiger partial charge in [0.2, 0.25) is 5.91 Å². The van der Waals surface area contributed by atoms with Crippen LogP contribution in [0.2, 0.25) is 0 Å². The van der Waals surface area contributed by atoms with Gasteiger partial charge in [-0.05, 0) is 43.0 Å². The average molecular weight is 363 g/mol. The highest BCUT2D eigenvalue weighted by atomic mass is 32.1. The quantitative estimate of drug-likeness (QED) is 0.775. The lowest BCUT2D eigenvalue weighted by atomic mass is 9.86. The van der Waals surface area contributed by atoms with E-state index >= 15 is 0 Å². The zero-order valence-corrected chi connectivity index (χ0v) is 15.9. The Hall–Kier alpha value is -1.36. The molecule has 1 aromatic heterocycles. The summed E-state index contributed by atoms with van der Waals surface area (Å²) < 4.78 is 0. The summed E-state index contributed by atoms with van der Waals surface area (Å²) in [4.78, 5) is 27.4. The number of amides is 2. The minimum Gasteiger partial charge on any atom is -0.356 e. The smallest absolute Gasteiger partial charge is 0.263 e. The lowest BCUT2D eigenvalue weighted by Gasteiger charge is -2.31. The highest BCUT2D eigenvalue weighted by molar-refractivity contribution is 7.12. The maximum Gasteiger partial charge on any atom is 0.263 e. The Morgan fingerprint density at radius 1 is 1.12 bits per heavy atom. The third-order valence-corrected chi connectivity index (χ3v) is 6.56. The fraction of sp³-hybridized carbons (Fsp3) is 0.700. The van der Waals surface area contributed by atoms with Crippen LogP contribution in [0, 0.1) is 11.8 Å². The molecule has 0 aromatic carbocycles. The number of hydrogen-bond acceptors (Lipinski definition) is 3. The van der Waals surface area contributed by atoms with E-state index in [1.165, 1.54) is 49.9 Å². The fourth-order valence-corrected chi connectivity index (χ4v) is 4.81. The predicted molar refractivity (Wildman–Crippen MR) is 102 cm³/mol. The Bertz CT molecular complexity index is 544. The van der Waals surface area contributed by atoms with Crippen molar-refractivity contribution in [2.75, 3.05) is 19.6 Å². The van der Waals surface area contributed by atoms with Crippen molar-refractivity contribution >= 4 is 23.2 Å². The maximum absolute atomic E-state index is 12.3. The second-order valence-electron chi connectivity index (χ2n) is 7.48. The van der Waals surface area contributed by atoms with Gasteiger partial charge in [0.05, 0.1) is 4.88 Å². The summed E-state index contributed by atoms with van der Waals surface area (Å²) in [5, 5.41) is 5.05. The first-order valence-electron chi connectivity index (χ1n) is 9.84. The van der Waals surface area contributed by atoms with E-state index in [2.05, 4.69) is 5.32 Å². The molecule has 0 radical (unpaired) electrons. The number of nitrogens with zero attached hydrogens (tertiary/aromatic N) is 1. The number of rotatable bonds is 6. The van der Waals surface area contributed by atoms with E-state index in [1.54, 1.807) is 0 Å². The van der Waals surface area contributed by atoms with Gasteiger partial charge in [-0.15, -0.1) is 11.3 Å². The molecule has 0 bridgehead atoms. The number of hydrogen-bond donors (Lipinski definition) is 1. The van der Waals surface area contributed by atoms with Crippen LogP contribution in [0.5, 0.6) is 0 Å². The Morgan fingerprint density at radius 3 is 2.56 bits per heavy atom. The van der Waals surface area contributed by atoms with Gasteiger partial charge >= 0.3 is 0 Å². The zero-order valence-electron chi connectivity index (χ0n) is 15.0. The van der Waals surface area contributed by atoms with E-state index in [9.17, 15) is 9.59 Å². The first-order chi connectivity index (χ1) is 12.2. The number of nitrogens with one attached hydrogen (secondary N) is 1. The summed E-state index contributed by atoms with van der Waals surface area (Å²) in [7, 11) is 0. The minimum atomic E-state index is 0.0714. The van der Waals surface area contributed by atoms with Gasteiger partial charge in [-0.25, -0.2) is 0 Å². The van der Waals surface area contributed by atoms with Crippen LogP contribution in [0.3, 0.4) is 0 Å². The molecule has 1 saturated heterocycles. The molecule has 1 saturated carbocycles. The molecule has 25 heavy (non-hydrogen) atoms. The van der Waals surface area contributed by atoms with Crippen LogP contribution in [0.25, 0.3) is 0 Å². The molecule has 3 rings (SSSR count). The number of likely N-dealkylation sites (tertiary alicyclic amines) is 1. The second-order valence-corrected chi connectivity index (χ2v) is 8.43. The summed E-state index contributed by atoms with van der Waals surface area (Å²) in [5.74, 6) is 1.26. The molecule has 4 nitrogen and oxygen atoms in total. The van der Waals surface area contributed by atoms with Crippen molar-refractivity contribution in [3.8, 4) is 0 Å². The average Bonchev–Trinajstić information content (AvgIpc) is 3.20. The Balaban J connectivity index is 1.32. The van der Waals surface area contributed by atoms with E-state index in [-0.39, 0.29) is 17.7 Å². The number of thiophene rings is 1. The minimum absolute atomic E-state index is 0.0714. The lowest BCUT2D eigenvalue weighted by Crippen LogP contribution is -2.43. The molecule has 0 spiro atoms. The number of piperidine rings is 1. The molecule has 1 N–H and O–H groups in total. The topological polar surface area (TPSA) is 49.4 Å². The largest absolute Gasteiger partial charge is 0.356 e. The van der Waals surface area contributed by atoms with Crippen LogP contribution in [0.15, 0.2) is 17.5 Å². The van der Waals surface area contributed by atoms with E-state index in [0.29, 0.717) is 13.1 Å². The van der Waals surface area contributed by atoms with Gasteiger partial charge < -0.3 is 10.2 Å². The van der Waals surface area contributed by atoms with Gasteiger partial charge in [-0.2, -0.15) is 0 Å². The molecule has 138 valence electrons. The normalized spacial score (nSPS) is 19.8. The van der Waals surface area contributed by atoms with Crippen molar-refractivity contribution in [1.29, 1.82) is 0 Å². The summed E-state index contributed by atoms with van der Waals surface area (Å²) in [6, 6.07) is 3.78. The van der Waals surface area contributed by atoms with Crippen molar-refractivity contribution < 1.29 is 9.59 Å². The molecule has 1 aromatic rings. The van der Waals surface area contributed by atoms with Crippen molar-refractivity contribution in [3.05, 3.63) is 22.4 Å².